The Balaban J connectivity index is 0.927. The molecule has 0 bridgehead atoms. The molecule has 0 N–H and O–H groups in total. The molecule has 6 heteroatoms. The van der Waals surface area contributed by atoms with E-state index in [2.05, 4.69) is 104 Å². The number of benzene rings is 8. The highest BCUT2D eigenvalue weighted by Gasteiger charge is 2.15. The van der Waals surface area contributed by atoms with Gasteiger partial charge in [-0.05, 0) is 64.6 Å². The predicted molar refractivity (Wildman–Crippen MR) is 255 cm³/mol. The van der Waals surface area contributed by atoms with Gasteiger partial charge in [0.15, 0.2) is 23.3 Å². The van der Waals surface area contributed by atoms with E-state index in [9.17, 15) is 0 Å². The second-order valence-electron chi connectivity index (χ2n) is 15.0. The molecule has 10 rings (SSSR count). The number of fused-ring (bicyclic) bond motifs is 3. The van der Waals surface area contributed by atoms with E-state index in [4.69, 9.17) is 29.4 Å². The van der Waals surface area contributed by atoms with Crippen LogP contribution in [0, 0.1) is 0 Å². The van der Waals surface area contributed by atoms with E-state index >= 15 is 0 Å². The third kappa shape index (κ3) is 7.88. The molecule has 0 aliphatic rings. The lowest BCUT2D eigenvalue weighted by atomic mass is 9.99. The van der Waals surface area contributed by atoms with Crippen molar-refractivity contribution in [3.05, 3.63) is 230 Å². The summed E-state index contributed by atoms with van der Waals surface area (Å²) < 4.78 is 6.33. The summed E-state index contributed by atoms with van der Waals surface area (Å²) in [6.45, 7) is 6.35. The fraction of sp³-hybridized carbons (Fsp3) is 0.0179. The number of hydrogen-bond donors (Lipinski definition) is 0. The second kappa shape index (κ2) is 16.7. The Bertz CT molecular complexity index is 3210. The average Bonchev–Trinajstić information content (AvgIpc) is 3.72. The van der Waals surface area contributed by atoms with Gasteiger partial charge in [0.25, 0.3) is 0 Å². The lowest BCUT2D eigenvalue weighted by Crippen LogP contribution is -2.04. The van der Waals surface area contributed by atoms with Gasteiger partial charge in [-0.1, -0.05) is 189 Å². The molecule has 0 amide bonds. The molecule has 2 heterocycles. The monoisotopic (exact) mass is 797 g/mol. The van der Waals surface area contributed by atoms with Gasteiger partial charge < -0.3 is 4.42 Å². The molecule has 0 radical (unpaired) electrons. The van der Waals surface area contributed by atoms with Gasteiger partial charge in [-0.15, -0.1) is 0 Å². The predicted octanol–water partition coefficient (Wildman–Crippen LogP) is 14.0. The topological polar surface area (TPSA) is 76.5 Å². The molecule has 0 aliphatic carbocycles. The fourth-order valence-electron chi connectivity index (χ4n) is 7.58. The number of nitrogens with zero attached hydrogens (tertiary/aromatic N) is 5. The zero-order chi connectivity index (χ0) is 41.8. The van der Waals surface area contributed by atoms with Gasteiger partial charge >= 0.3 is 0 Å². The lowest BCUT2D eigenvalue weighted by molar-refractivity contribution is 0.669. The summed E-state index contributed by atoms with van der Waals surface area (Å²) in [7, 11) is 0. The van der Waals surface area contributed by atoms with Gasteiger partial charge in [0.1, 0.15) is 11.2 Å². The van der Waals surface area contributed by atoms with Crippen LogP contribution in [0.3, 0.4) is 0 Å². The highest BCUT2D eigenvalue weighted by atomic mass is 16.3. The maximum absolute atomic E-state index is 6.33. The van der Waals surface area contributed by atoms with Crippen LogP contribution in [0.5, 0.6) is 0 Å². The van der Waals surface area contributed by atoms with Crippen LogP contribution >= 0.6 is 0 Å². The number of aromatic nitrogens is 3. The molecule has 0 saturated heterocycles. The van der Waals surface area contributed by atoms with E-state index in [1.54, 1.807) is 0 Å². The van der Waals surface area contributed by atoms with Crippen molar-refractivity contribution in [1.82, 2.24) is 15.0 Å². The van der Waals surface area contributed by atoms with Crippen molar-refractivity contribution in [2.45, 2.75) is 6.92 Å². The van der Waals surface area contributed by atoms with Gasteiger partial charge in [-0.25, -0.2) is 24.9 Å². The van der Waals surface area contributed by atoms with E-state index < -0.39 is 0 Å². The normalized spacial score (nSPS) is 11.9. The first kappa shape index (κ1) is 37.9. The van der Waals surface area contributed by atoms with E-state index in [1.807, 2.05) is 116 Å². The van der Waals surface area contributed by atoms with Crippen LogP contribution in [0.4, 0.5) is 0 Å². The Labute approximate surface area is 360 Å². The van der Waals surface area contributed by atoms with E-state index in [0.29, 0.717) is 29.0 Å². The third-order valence-electron chi connectivity index (χ3n) is 10.9. The number of amidine groups is 1. The first-order chi connectivity index (χ1) is 30.5. The van der Waals surface area contributed by atoms with Crippen molar-refractivity contribution in [2.24, 2.45) is 9.98 Å². The summed E-state index contributed by atoms with van der Waals surface area (Å²) in [6.07, 6.45) is 0. The summed E-state index contributed by atoms with van der Waals surface area (Å²) in [5.74, 6) is 2.52. The number of furan rings is 1. The number of aliphatic imine (C=N–C) groups is 2. The Kier molecular flexibility index (Phi) is 10.2. The molecule has 0 aliphatic heterocycles. The van der Waals surface area contributed by atoms with Crippen molar-refractivity contribution < 1.29 is 4.42 Å². The molecule has 294 valence electrons. The summed E-state index contributed by atoms with van der Waals surface area (Å²) in [5, 5.41) is 2.11. The third-order valence-corrected chi connectivity index (χ3v) is 10.9. The van der Waals surface area contributed by atoms with Gasteiger partial charge in [0.2, 0.25) is 0 Å². The van der Waals surface area contributed by atoms with Crippen LogP contribution < -0.4 is 0 Å². The molecule has 0 atom stereocenters. The molecule has 6 nitrogen and oxygen atoms in total. The molecular weight excluding hydrogens is 759 g/mol. The van der Waals surface area contributed by atoms with Crippen LogP contribution in [-0.2, 0) is 0 Å². The molecule has 2 aromatic heterocycles. The first-order valence-electron chi connectivity index (χ1n) is 20.5. The van der Waals surface area contributed by atoms with Crippen molar-refractivity contribution in [3.8, 4) is 56.4 Å². The minimum absolute atomic E-state index is 0.617. The quantitative estimate of drug-likeness (QED) is 0.108. The van der Waals surface area contributed by atoms with Crippen molar-refractivity contribution in [2.75, 3.05) is 0 Å². The number of hydrogen-bond acceptors (Lipinski definition) is 5. The maximum atomic E-state index is 6.33. The zero-order valence-corrected chi connectivity index (χ0v) is 34.0. The standard InChI is InChI=1S/C56H39N5O/c1-37(39-15-7-3-8-16-39)57-53(43-17-9-4-10-18-43)58-38(2)40-23-25-41(26-24-40)47-31-33-51-49(35-47)50-36-48(32-34-52(50)62-51)42-27-29-46(30-28-42)56-60-54(44-19-11-5-12-20-44)59-55(61-56)45-21-13-6-14-22-45/h3-36H,2H2,1H3. The van der Waals surface area contributed by atoms with Crippen LogP contribution in [0.2, 0.25) is 0 Å². The van der Waals surface area contributed by atoms with Crippen LogP contribution in [0.1, 0.15) is 23.6 Å². The Morgan fingerprint density at radius 2 is 0.774 bits per heavy atom. The largest absolute Gasteiger partial charge is 0.456 e. The lowest BCUT2D eigenvalue weighted by Gasteiger charge is -2.09. The number of rotatable bonds is 9. The molecule has 0 fully saturated rings. The Hall–Kier alpha value is -8.35. The molecule has 0 saturated carbocycles. The second-order valence-corrected chi connectivity index (χ2v) is 15.0. The van der Waals surface area contributed by atoms with Gasteiger partial charge in [-0.2, -0.15) is 0 Å². The summed E-state index contributed by atoms with van der Waals surface area (Å²) in [5.41, 5.74) is 13.2. The summed E-state index contributed by atoms with van der Waals surface area (Å²) in [6, 6.07) is 69.7. The zero-order valence-electron chi connectivity index (χ0n) is 34.0. The van der Waals surface area contributed by atoms with Gasteiger partial charge in [0.05, 0.1) is 5.70 Å². The first-order valence-corrected chi connectivity index (χ1v) is 20.5. The average molecular weight is 798 g/mol. The van der Waals surface area contributed by atoms with Crippen LogP contribution in [0.25, 0.3) is 84.1 Å². The van der Waals surface area contributed by atoms with E-state index in [0.717, 1.165) is 83.3 Å². The SMILES string of the molecule is C=C(N=C(N=C(C)c1ccccc1)c1ccccc1)c1ccc(-c2ccc3oc4ccc(-c5ccc(-c6nc(-c7ccccc7)nc(-c7ccccc7)n6)cc5)cc4c3c2)cc1. The summed E-state index contributed by atoms with van der Waals surface area (Å²) >= 11 is 0. The molecule has 10 aromatic rings. The minimum Gasteiger partial charge on any atom is -0.456 e. The fourth-order valence-corrected chi connectivity index (χ4v) is 7.58. The van der Waals surface area contributed by atoms with Crippen LogP contribution in [-0.4, -0.2) is 26.5 Å². The van der Waals surface area contributed by atoms with E-state index in [-0.39, 0.29) is 0 Å². The van der Waals surface area contributed by atoms with Crippen molar-refractivity contribution >= 4 is 39.2 Å². The smallest absolute Gasteiger partial charge is 0.164 e. The highest BCUT2D eigenvalue weighted by Crippen LogP contribution is 2.36. The van der Waals surface area contributed by atoms with Crippen LogP contribution in [0.15, 0.2) is 227 Å². The van der Waals surface area contributed by atoms with E-state index in [1.165, 1.54) is 0 Å². The Morgan fingerprint density at radius 1 is 0.387 bits per heavy atom. The maximum Gasteiger partial charge on any atom is 0.164 e. The molecule has 8 aromatic carbocycles. The van der Waals surface area contributed by atoms with Gasteiger partial charge in [0, 0.05) is 38.7 Å². The molecule has 0 unspecified atom stereocenters. The Morgan fingerprint density at radius 3 is 1.26 bits per heavy atom. The molecule has 62 heavy (non-hydrogen) atoms. The van der Waals surface area contributed by atoms with Crippen molar-refractivity contribution in [3.63, 3.8) is 0 Å². The van der Waals surface area contributed by atoms with Gasteiger partial charge in [-0.3, -0.25) is 0 Å². The highest BCUT2D eigenvalue weighted by molar-refractivity contribution is 6.13. The molecular formula is C56H39N5O. The van der Waals surface area contributed by atoms with Crippen molar-refractivity contribution in [1.29, 1.82) is 0 Å². The molecule has 0 spiro atoms. The minimum atomic E-state index is 0.617. The summed E-state index contributed by atoms with van der Waals surface area (Å²) in [4.78, 5) is 24.6.